The molecule has 0 amide bonds. The molecule has 1 unspecified atom stereocenters. The van der Waals surface area contributed by atoms with Gasteiger partial charge >= 0.3 is 0 Å². The molecule has 1 atom stereocenters. The van der Waals surface area contributed by atoms with Gasteiger partial charge in [0.15, 0.2) is 0 Å². The number of nitrogens with two attached hydrogens (primary N) is 1. The molecule has 1 nitrogen and oxygen atoms in total. The summed E-state index contributed by atoms with van der Waals surface area (Å²) in [6.45, 7) is 4.53. The van der Waals surface area contributed by atoms with E-state index in [0.717, 1.165) is 23.3 Å². The van der Waals surface area contributed by atoms with Crippen molar-refractivity contribution < 1.29 is 0 Å². The Labute approximate surface area is 128 Å². The fourth-order valence-electron chi connectivity index (χ4n) is 2.94. The summed E-state index contributed by atoms with van der Waals surface area (Å²) in [7, 11) is 0. The molecule has 0 spiro atoms. The Kier molecular flexibility index (Phi) is 6.44. The van der Waals surface area contributed by atoms with Gasteiger partial charge in [-0.25, -0.2) is 0 Å². The second kappa shape index (κ2) is 8.09. The maximum Gasteiger partial charge on any atom is 0.0386 e. The van der Waals surface area contributed by atoms with Crippen LogP contribution in [0.1, 0.15) is 63.1 Å². The molecule has 1 aromatic carbocycles. The number of hydrogen-bond donors (Lipinski definition) is 1. The first-order valence-corrected chi connectivity index (χ1v) is 9.16. The molecule has 1 saturated carbocycles. The molecule has 0 radical (unpaired) electrons. The standard InChI is InChI=1S/C18H29NS/c1-14(2)12-15-8-10-16(11-9-15)18(19)13-20-17-6-4-3-5-7-17/h8-11,14,17-18H,3-7,12-13,19H2,1-2H3. The summed E-state index contributed by atoms with van der Waals surface area (Å²) in [6.07, 6.45) is 8.20. The molecule has 1 aromatic rings. The lowest BCUT2D eigenvalue weighted by molar-refractivity contribution is 0.515. The fourth-order valence-corrected chi connectivity index (χ4v) is 4.28. The van der Waals surface area contributed by atoms with Crippen molar-refractivity contribution in [3.05, 3.63) is 35.4 Å². The van der Waals surface area contributed by atoms with Crippen molar-refractivity contribution in [2.75, 3.05) is 5.75 Å². The Morgan fingerprint density at radius 3 is 2.35 bits per heavy atom. The maximum absolute atomic E-state index is 6.34. The van der Waals surface area contributed by atoms with Gasteiger partial charge in [0, 0.05) is 17.0 Å². The minimum atomic E-state index is 0.190. The SMILES string of the molecule is CC(C)Cc1ccc(C(N)CSC2CCCCC2)cc1. The number of thioether (sulfide) groups is 1. The summed E-state index contributed by atoms with van der Waals surface area (Å²) in [5.74, 6) is 1.78. The van der Waals surface area contributed by atoms with Gasteiger partial charge in [0.1, 0.15) is 0 Å². The average molecular weight is 292 g/mol. The van der Waals surface area contributed by atoms with Crippen LogP contribution in [0.2, 0.25) is 0 Å². The molecule has 112 valence electrons. The summed E-state index contributed by atoms with van der Waals surface area (Å²) in [5, 5.41) is 0.856. The molecule has 0 saturated heterocycles. The largest absolute Gasteiger partial charge is 0.323 e. The predicted octanol–water partition coefficient (Wildman–Crippen LogP) is 4.95. The fraction of sp³-hybridized carbons (Fsp3) is 0.667. The first-order chi connectivity index (χ1) is 9.65. The lowest BCUT2D eigenvalue weighted by atomic mass is 10.00. The van der Waals surface area contributed by atoms with Crippen LogP contribution in [-0.4, -0.2) is 11.0 Å². The molecular weight excluding hydrogens is 262 g/mol. The molecular formula is C18H29NS. The van der Waals surface area contributed by atoms with Crippen LogP contribution in [0.5, 0.6) is 0 Å². The summed E-state index contributed by atoms with van der Waals surface area (Å²) in [6, 6.07) is 9.14. The highest BCUT2D eigenvalue weighted by Crippen LogP contribution is 2.30. The molecule has 0 aromatic heterocycles. The van der Waals surface area contributed by atoms with Crippen molar-refractivity contribution in [2.24, 2.45) is 11.7 Å². The summed E-state index contributed by atoms with van der Waals surface area (Å²) < 4.78 is 0. The van der Waals surface area contributed by atoms with Crippen LogP contribution in [0.15, 0.2) is 24.3 Å². The van der Waals surface area contributed by atoms with E-state index >= 15 is 0 Å². The zero-order valence-corrected chi connectivity index (χ0v) is 13.8. The quantitative estimate of drug-likeness (QED) is 0.802. The monoisotopic (exact) mass is 291 g/mol. The van der Waals surface area contributed by atoms with E-state index in [1.807, 2.05) is 0 Å². The van der Waals surface area contributed by atoms with Crippen molar-refractivity contribution in [3.63, 3.8) is 0 Å². The molecule has 0 bridgehead atoms. The van der Waals surface area contributed by atoms with Crippen molar-refractivity contribution >= 4 is 11.8 Å². The van der Waals surface area contributed by atoms with Crippen LogP contribution in [-0.2, 0) is 6.42 Å². The van der Waals surface area contributed by atoms with Gasteiger partial charge in [-0.3, -0.25) is 0 Å². The van der Waals surface area contributed by atoms with E-state index < -0.39 is 0 Å². The maximum atomic E-state index is 6.34. The number of rotatable bonds is 6. The highest BCUT2D eigenvalue weighted by molar-refractivity contribution is 7.99. The molecule has 2 rings (SSSR count). The Balaban J connectivity index is 1.80. The van der Waals surface area contributed by atoms with E-state index in [4.69, 9.17) is 5.73 Å². The number of benzene rings is 1. The lowest BCUT2D eigenvalue weighted by Gasteiger charge is -2.22. The van der Waals surface area contributed by atoms with Crippen LogP contribution >= 0.6 is 11.8 Å². The lowest BCUT2D eigenvalue weighted by Crippen LogP contribution is -2.17. The van der Waals surface area contributed by atoms with E-state index in [1.54, 1.807) is 0 Å². The second-order valence-electron chi connectivity index (χ2n) is 6.54. The van der Waals surface area contributed by atoms with Gasteiger partial charge in [-0.15, -0.1) is 0 Å². The van der Waals surface area contributed by atoms with Crippen LogP contribution in [0.25, 0.3) is 0 Å². The van der Waals surface area contributed by atoms with E-state index in [1.165, 1.54) is 43.2 Å². The zero-order chi connectivity index (χ0) is 14.4. The highest BCUT2D eigenvalue weighted by atomic mass is 32.2. The van der Waals surface area contributed by atoms with Crippen LogP contribution in [0, 0.1) is 5.92 Å². The minimum absolute atomic E-state index is 0.190. The zero-order valence-electron chi connectivity index (χ0n) is 13.0. The predicted molar refractivity (Wildman–Crippen MR) is 91.2 cm³/mol. The molecule has 1 aliphatic rings. The Bertz CT molecular complexity index is 379. The van der Waals surface area contributed by atoms with E-state index in [2.05, 4.69) is 49.9 Å². The average Bonchev–Trinajstić information content (AvgIpc) is 2.46. The Morgan fingerprint density at radius 2 is 1.75 bits per heavy atom. The second-order valence-corrected chi connectivity index (χ2v) is 7.87. The van der Waals surface area contributed by atoms with Crippen LogP contribution < -0.4 is 5.73 Å². The van der Waals surface area contributed by atoms with Crippen molar-refractivity contribution in [2.45, 2.75) is 63.7 Å². The third-order valence-electron chi connectivity index (χ3n) is 4.12. The molecule has 1 aliphatic carbocycles. The van der Waals surface area contributed by atoms with E-state index in [-0.39, 0.29) is 6.04 Å². The first-order valence-electron chi connectivity index (χ1n) is 8.11. The Morgan fingerprint density at radius 1 is 1.10 bits per heavy atom. The third kappa shape index (κ3) is 5.14. The topological polar surface area (TPSA) is 26.0 Å². The van der Waals surface area contributed by atoms with Gasteiger partial charge in [0.25, 0.3) is 0 Å². The van der Waals surface area contributed by atoms with Crippen LogP contribution in [0.4, 0.5) is 0 Å². The summed E-state index contributed by atoms with van der Waals surface area (Å²) in [5.41, 5.74) is 9.06. The van der Waals surface area contributed by atoms with Gasteiger partial charge in [-0.05, 0) is 36.3 Å². The number of hydrogen-bond acceptors (Lipinski definition) is 2. The van der Waals surface area contributed by atoms with Gasteiger partial charge in [0.2, 0.25) is 0 Å². The van der Waals surface area contributed by atoms with E-state index in [9.17, 15) is 0 Å². The normalized spacial score (nSPS) is 18.4. The molecule has 20 heavy (non-hydrogen) atoms. The highest BCUT2D eigenvalue weighted by Gasteiger charge is 2.15. The summed E-state index contributed by atoms with van der Waals surface area (Å²) in [4.78, 5) is 0. The first kappa shape index (κ1) is 15.9. The van der Waals surface area contributed by atoms with E-state index in [0.29, 0.717) is 0 Å². The van der Waals surface area contributed by atoms with Crippen molar-refractivity contribution in [3.8, 4) is 0 Å². The molecule has 0 heterocycles. The molecule has 2 N–H and O–H groups in total. The smallest absolute Gasteiger partial charge is 0.0386 e. The van der Waals surface area contributed by atoms with Gasteiger partial charge in [0.05, 0.1) is 0 Å². The minimum Gasteiger partial charge on any atom is -0.323 e. The molecule has 2 heteroatoms. The van der Waals surface area contributed by atoms with Gasteiger partial charge < -0.3 is 5.73 Å². The van der Waals surface area contributed by atoms with Gasteiger partial charge in [-0.2, -0.15) is 11.8 Å². The molecule has 1 fully saturated rings. The third-order valence-corrected chi connectivity index (χ3v) is 5.61. The van der Waals surface area contributed by atoms with Gasteiger partial charge in [-0.1, -0.05) is 57.4 Å². The van der Waals surface area contributed by atoms with Crippen molar-refractivity contribution in [1.29, 1.82) is 0 Å². The Hall–Kier alpha value is -0.470. The van der Waals surface area contributed by atoms with Crippen molar-refractivity contribution in [1.82, 2.24) is 0 Å². The summed E-state index contributed by atoms with van der Waals surface area (Å²) >= 11 is 2.09. The van der Waals surface area contributed by atoms with Crippen LogP contribution in [0.3, 0.4) is 0 Å². The molecule has 0 aliphatic heterocycles.